The van der Waals surface area contributed by atoms with Gasteiger partial charge < -0.3 is 10.1 Å². The van der Waals surface area contributed by atoms with Gasteiger partial charge in [-0.25, -0.2) is 8.42 Å². The smallest absolute Gasteiger partial charge is 0.263 e. The van der Waals surface area contributed by atoms with Gasteiger partial charge in [-0.15, -0.1) is 22.7 Å². The lowest BCUT2D eigenvalue weighted by atomic mass is 10.4. The van der Waals surface area contributed by atoms with E-state index >= 15 is 0 Å². The first-order chi connectivity index (χ1) is 11.5. The number of hydrogen-bond acceptors (Lipinski definition) is 6. The Hall–Kier alpha value is -0.780. The maximum Gasteiger partial charge on any atom is 0.263 e. The number of halogens is 1. The van der Waals surface area contributed by atoms with E-state index in [2.05, 4.69) is 21.2 Å². The summed E-state index contributed by atoms with van der Waals surface area (Å²) >= 11 is 6.03. The number of morpholine rings is 1. The van der Waals surface area contributed by atoms with Gasteiger partial charge in [0.1, 0.15) is 9.77 Å². The Kier molecular flexibility index (Phi) is 5.73. The molecule has 0 atom stereocenters. The highest BCUT2D eigenvalue weighted by Gasteiger charge is 2.31. The number of nitrogens with zero attached hydrogens (tertiary/aromatic N) is 1. The van der Waals surface area contributed by atoms with Gasteiger partial charge in [0.25, 0.3) is 5.91 Å². The van der Waals surface area contributed by atoms with Crippen molar-refractivity contribution in [1.29, 1.82) is 0 Å². The minimum Gasteiger partial charge on any atom is -0.379 e. The molecule has 6 nitrogen and oxygen atoms in total. The van der Waals surface area contributed by atoms with Crippen LogP contribution in [-0.2, 0) is 21.3 Å². The Balaban J connectivity index is 1.75. The molecule has 24 heavy (non-hydrogen) atoms. The first-order valence-corrected chi connectivity index (χ1v) is 11.1. The molecule has 2 aromatic heterocycles. The maximum absolute atomic E-state index is 12.7. The summed E-state index contributed by atoms with van der Waals surface area (Å²) in [6.45, 7) is 1.73. The van der Waals surface area contributed by atoms with Crippen molar-refractivity contribution in [3.63, 3.8) is 0 Å². The predicted molar refractivity (Wildman–Crippen MR) is 97.1 cm³/mol. The van der Waals surface area contributed by atoms with Crippen LogP contribution in [-0.4, -0.2) is 44.9 Å². The van der Waals surface area contributed by atoms with E-state index in [9.17, 15) is 13.2 Å². The van der Waals surface area contributed by atoms with E-state index in [-0.39, 0.29) is 15.7 Å². The fourth-order valence-corrected chi connectivity index (χ4v) is 6.43. The second kappa shape index (κ2) is 7.63. The molecule has 1 aliphatic rings. The molecule has 3 rings (SSSR count). The van der Waals surface area contributed by atoms with Gasteiger partial charge >= 0.3 is 0 Å². The van der Waals surface area contributed by atoms with Crippen LogP contribution in [0.1, 0.15) is 14.5 Å². The number of carbonyl (C=O) groups excluding carboxylic acids is 1. The van der Waals surface area contributed by atoms with Crippen LogP contribution in [0.2, 0.25) is 0 Å². The molecule has 130 valence electrons. The van der Waals surface area contributed by atoms with Crippen molar-refractivity contribution in [3.8, 4) is 0 Å². The van der Waals surface area contributed by atoms with E-state index in [4.69, 9.17) is 4.74 Å². The van der Waals surface area contributed by atoms with Crippen LogP contribution in [0.3, 0.4) is 0 Å². The summed E-state index contributed by atoms with van der Waals surface area (Å²) in [6, 6.07) is 5.31. The minimum absolute atomic E-state index is 0.0688. The highest BCUT2D eigenvalue weighted by Crippen LogP contribution is 2.26. The number of hydrogen-bond donors (Lipinski definition) is 1. The van der Waals surface area contributed by atoms with Gasteiger partial charge in [-0.3, -0.25) is 4.79 Å². The molecule has 0 saturated carbocycles. The third-order valence-electron chi connectivity index (χ3n) is 3.48. The number of sulfonamides is 1. The molecular formula is C14H15BrN2O4S3. The zero-order chi connectivity index (χ0) is 17.2. The van der Waals surface area contributed by atoms with Crippen LogP contribution in [0.15, 0.2) is 32.3 Å². The topological polar surface area (TPSA) is 75.7 Å². The molecule has 0 unspecified atom stereocenters. The van der Waals surface area contributed by atoms with Crippen molar-refractivity contribution in [2.24, 2.45) is 0 Å². The third kappa shape index (κ3) is 3.89. The van der Waals surface area contributed by atoms with Crippen LogP contribution in [0, 0.1) is 0 Å². The van der Waals surface area contributed by atoms with Crippen molar-refractivity contribution >= 4 is 54.5 Å². The molecule has 1 amide bonds. The normalized spacial score (nSPS) is 16.2. The molecule has 0 aromatic carbocycles. The first kappa shape index (κ1) is 18.0. The zero-order valence-electron chi connectivity index (χ0n) is 12.5. The fraction of sp³-hybridized carbons (Fsp3) is 0.357. The van der Waals surface area contributed by atoms with E-state index in [1.807, 2.05) is 12.1 Å². The van der Waals surface area contributed by atoms with Gasteiger partial charge in [0, 0.05) is 18.0 Å². The summed E-state index contributed by atoms with van der Waals surface area (Å²) in [6.07, 6.45) is 0. The molecule has 0 radical (unpaired) electrons. The lowest BCUT2D eigenvalue weighted by Gasteiger charge is -2.26. The van der Waals surface area contributed by atoms with E-state index in [0.717, 1.165) is 20.0 Å². The zero-order valence-corrected chi connectivity index (χ0v) is 16.6. The highest BCUT2D eigenvalue weighted by atomic mass is 79.9. The average molecular weight is 451 g/mol. The molecule has 10 heteroatoms. The summed E-state index contributed by atoms with van der Waals surface area (Å²) in [4.78, 5) is 13.7. The Bertz CT molecular complexity index is 825. The minimum atomic E-state index is -3.68. The van der Waals surface area contributed by atoms with Crippen molar-refractivity contribution in [2.45, 2.75) is 11.4 Å². The molecular weight excluding hydrogens is 436 g/mol. The number of carbonyl (C=O) groups is 1. The number of ether oxygens (including phenoxy) is 1. The van der Waals surface area contributed by atoms with Crippen LogP contribution >= 0.6 is 38.6 Å². The molecule has 1 fully saturated rings. The molecule has 0 aliphatic carbocycles. The van der Waals surface area contributed by atoms with Crippen molar-refractivity contribution < 1.29 is 17.9 Å². The molecule has 1 aliphatic heterocycles. The summed E-state index contributed by atoms with van der Waals surface area (Å²) in [5, 5.41) is 4.41. The Labute approximate surface area is 156 Å². The average Bonchev–Trinajstić information content (AvgIpc) is 3.23. The quantitative estimate of drug-likeness (QED) is 0.758. The standard InChI is InChI=1S/C14H15BrN2O4S3/c15-12-2-1-10(23-12)9-16-14(18)13-11(3-8-22-13)24(19,20)17-4-6-21-7-5-17/h1-3,8H,4-7,9H2,(H,16,18). The van der Waals surface area contributed by atoms with Gasteiger partial charge in [0.15, 0.2) is 0 Å². The summed E-state index contributed by atoms with van der Waals surface area (Å²) in [5.41, 5.74) is 0. The van der Waals surface area contributed by atoms with Crippen LogP contribution in [0.5, 0.6) is 0 Å². The van der Waals surface area contributed by atoms with Crippen molar-refractivity contribution in [2.75, 3.05) is 26.3 Å². The number of rotatable bonds is 5. The summed E-state index contributed by atoms with van der Waals surface area (Å²) < 4.78 is 33.0. The van der Waals surface area contributed by atoms with Gasteiger partial charge in [-0.1, -0.05) is 0 Å². The van der Waals surface area contributed by atoms with Crippen LogP contribution < -0.4 is 5.32 Å². The van der Waals surface area contributed by atoms with Crippen molar-refractivity contribution in [3.05, 3.63) is 37.1 Å². The second-order valence-corrected chi connectivity index (χ2v) is 10.4. The first-order valence-electron chi connectivity index (χ1n) is 7.16. The number of nitrogens with one attached hydrogen (secondary N) is 1. The Morgan fingerprint density at radius 3 is 2.71 bits per heavy atom. The Morgan fingerprint density at radius 2 is 2.04 bits per heavy atom. The van der Waals surface area contributed by atoms with Gasteiger partial charge in [0.2, 0.25) is 10.0 Å². The molecule has 1 saturated heterocycles. The van der Waals surface area contributed by atoms with Crippen LogP contribution in [0.25, 0.3) is 0 Å². The highest BCUT2D eigenvalue weighted by molar-refractivity contribution is 9.11. The number of amides is 1. The Morgan fingerprint density at radius 1 is 1.29 bits per heavy atom. The predicted octanol–water partition coefficient (Wildman–Crippen LogP) is 2.52. The molecule has 2 aromatic rings. The maximum atomic E-state index is 12.7. The van der Waals surface area contributed by atoms with E-state index in [1.54, 1.807) is 5.38 Å². The van der Waals surface area contributed by atoms with Gasteiger partial charge in [-0.05, 0) is 39.5 Å². The van der Waals surface area contributed by atoms with Crippen LogP contribution in [0.4, 0.5) is 0 Å². The molecule has 0 bridgehead atoms. The lowest BCUT2D eigenvalue weighted by molar-refractivity contribution is 0.0730. The van der Waals surface area contributed by atoms with E-state index in [1.165, 1.54) is 21.7 Å². The van der Waals surface area contributed by atoms with Gasteiger partial charge in [-0.2, -0.15) is 4.31 Å². The molecule has 0 spiro atoms. The monoisotopic (exact) mass is 450 g/mol. The molecule has 3 heterocycles. The summed E-state index contributed by atoms with van der Waals surface area (Å²) in [5.74, 6) is -0.374. The molecule has 1 N–H and O–H groups in total. The van der Waals surface area contributed by atoms with E-state index < -0.39 is 10.0 Å². The fourth-order valence-electron chi connectivity index (χ4n) is 2.29. The van der Waals surface area contributed by atoms with E-state index in [0.29, 0.717) is 32.8 Å². The van der Waals surface area contributed by atoms with Crippen molar-refractivity contribution in [1.82, 2.24) is 9.62 Å². The SMILES string of the molecule is O=C(NCc1ccc(Br)s1)c1sccc1S(=O)(=O)N1CCOCC1. The second-order valence-electron chi connectivity index (χ2n) is 5.02. The number of thiophene rings is 2. The summed E-state index contributed by atoms with van der Waals surface area (Å²) in [7, 11) is -3.68. The lowest BCUT2D eigenvalue weighted by Crippen LogP contribution is -2.41. The third-order valence-corrected chi connectivity index (χ3v) is 8.08. The van der Waals surface area contributed by atoms with Gasteiger partial charge in [0.05, 0.1) is 23.5 Å². The largest absolute Gasteiger partial charge is 0.379 e.